The zero-order valence-electron chi connectivity index (χ0n) is 15.4. The van der Waals surface area contributed by atoms with E-state index in [0.29, 0.717) is 18.0 Å². The monoisotopic (exact) mass is 360 g/mol. The van der Waals surface area contributed by atoms with Crippen molar-refractivity contribution in [1.29, 1.82) is 0 Å². The van der Waals surface area contributed by atoms with Crippen LogP contribution in [-0.2, 0) is 11.3 Å². The van der Waals surface area contributed by atoms with Crippen molar-refractivity contribution >= 4 is 11.8 Å². The molecule has 0 radical (unpaired) electrons. The molecule has 0 aliphatic rings. The number of furan rings is 1. The first-order valence-corrected chi connectivity index (χ1v) is 8.29. The summed E-state index contributed by atoms with van der Waals surface area (Å²) in [7, 11) is 3.12. The van der Waals surface area contributed by atoms with E-state index in [1.807, 2.05) is 19.9 Å². The van der Waals surface area contributed by atoms with Gasteiger partial charge in [0.1, 0.15) is 6.04 Å². The molecule has 0 saturated carbocycles. The van der Waals surface area contributed by atoms with E-state index in [9.17, 15) is 9.59 Å². The van der Waals surface area contributed by atoms with Crippen molar-refractivity contribution in [3.05, 3.63) is 47.9 Å². The predicted octanol–water partition coefficient (Wildman–Crippen LogP) is 2.37. The van der Waals surface area contributed by atoms with Crippen LogP contribution >= 0.6 is 0 Å². The summed E-state index contributed by atoms with van der Waals surface area (Å²) < 4.78 is 15.5. The van der Waals surface area contributed by atoms with Crippen LogP contribution in [0.5, 0.6) is 11.5 Å². The molecule has 7 heteroatoms. The van der Waals surface area contributed by atoms with Crippen molar-refractivity contribution < 1.29 is 23.5 Å². The van der Waals surface area contributed by atoms with Gasteiger partial charge in [-0.05, 0) is 35.7 Å². The van der Waals surface area contributed by atoms with Gasteiger partial charge in [-0.25, -0.2) is 0 Å². The van der Waals surface area contributed by atoms with Gasteiger partial charge in [-0.2, -0.15) is 0 Å². The molecule has 1 aromatic heterocycles. The minimum absolute atomic E-state index is 0.0840. The lowest BCUT2D eigenvalue weighted by atomic mass is 10.0. The third-order valence-electron chi connectivity index (χ3n) is 3.90. The molecule has 0 bridgehead atoms. The molecule has 0 saturated heterocycles. The minimum Gasteiger partial charge on any atom is -0.493 e. The molecule has 7 nitrogen and oxygen atoms in total. The summed E-state index contributed by atoms with van der Waals surface area (Å²) in [5.74, 6) is 0.603. The van der Waals surface area contributed by atoms with E-state index in [4.69, 9.17) is 13.9 Å². The van der Waals surface area contributed by atoms with Gasteiger partial charge in [0, 0.05) is 6.54 Å². The zero-order chi connectivity index (χ0) is 19.1. The number of benzene rings is 1. The first-order chi connectivity index (χ1) is 12.5. The average molecular weight is 360 g/mol. The SMILES string of the molecule is COc1ccc(CNC(=O)C(NC(=O)c2ccco2)C(C)C)cc1OC. The quantitative estimate of drug-likeness (QED) is 0.754. The first-order valence-electron chi connectivity index (χ1n) is 8.29. The van der Waals surface area contributed by atoms with Crippen LogP contribution in [0, 0.1) is 5.92 Å². The molecule has 0 fully saturated rings. The maximum absolute atomic E-state index is 12.5. The molecule has 0 spiro atoms. The molecule has 2 amide bonds. The van der Waals surface area contributed by atoms with Gasteiger partial charge in [0.25, 0.3) is 5.91 Å². The molecular weight excluding hydrogens is 336 g/mol. The molecule has 2 rings (SSSR count). The zero-order valence-corrected chi connectivity index (χ0v) is 15.4. The number of amides is 2. The van der Waals surface area contributed by atoms with E-state index in [-0.39, 0.29) is 17.6 Å². The molecule has 1 atom stereocenters. The maximum atomic E-state index is 12.5. The second-order valence-electron chi connectivity index (χ2n) is 6.08. The lowest BCUT2D eigenvalue weighted by Crippen LogP contribution is -2.49. The Kier molecular flexibility index (Phi) is 6.66. The maximum Gasteiger partial charge on any atom is 0.287 e. The summed E-state index contributed by atoms with van der Waals surface area (Å²) in [5, 5.41) is 5.55. The van der Waals surface area contributed by atoms with Crippen LogP contribution in [0.2, 0.25) is 0 Å². The van der Waals surface area contributed by atoms with Crippen molar-refractivity contribution in [3.63, 3.8) is 0 Å². The van der Waals surface area contributed by atoms with Gasteiger partial charge in [0.2, 0.25) is 5.91 Å². The Morgan fingerprint density at radius 1 is 1.12 bits per heavy atom. The van der Waals surface area contributed by atoms with Gasteiger partial charge in [-0.1, -0.05) is 19.9 Å². The number of carbonyl (C=O) groups excluding carboxylic acids is 2. The predicted molar refractivity (Wildman–Crippen MR) is 96.2 cm³/mol. The standard InChI is InChI=1S/C19H24N2O5/c1-12(2)17(21-18(22)15-6-5-9-26-15)19(23)20-11-13-7-8-14(24-3)16(10-13)25-4/h5-10,12,17H,11H2,1-4H3,(H,20,23)(H,21,22). The average Bonchev–Trinajstić information content (AvgIpc) is 3.18. The van der Waals surface area contributed by atoms with E-state index < -0.39 is 11.9 Å². The largest absolute Gasteiger partial charge is 0.493 e. The Morgan fingerprint density at radius 2 is 1.85 bits per heavy atom. The molecule has 1 aromatic carbocycles. The highest BCUT2D eigenvalue weighted by Crippen LogP contribution is 2.27. The lowest BCUT2D eigenvalue weighted by Gasteiger charge is -2.21. The summed E-state index contributed by atoms with van der Waals surface area (Å²) in [6, 6.07) is 7.91. The fourth-order valence-electron chi connectivity index (χ4n) is 2.44. The smallest absolute Gasteiger partial charge is 0.287 e. The number of hydrogen-bond donors (Lipinski definition) is 2. The highest BCUT2D eigenvalue weighted by molar-refractivity contribution is 5.95. The second kappa shape index (κ2) is 8.94. The molecule has 2 aromatic rings. The summed E-state index contributed by atoms with van der Waals surface area (Å²) >= 11 is 0. The highest BCUT2D eigenvalue weighted by Gasteiger charge is 2.25. The Bertz CT molecular complexity index is 740. The van der Waals surface area contributed by atoms with Crippen molar-refractivity contribution in [3.8, 4) is 11.5 Å². The normalized spacial score (nSPS) is 11.7. The van der Waals surface area contributed by atoms with Crippen LogP contribution < -0.4 is 20.1 Å². The van der Waals surface area contributed by atoms with E-state index in [2.05, 4.69) is 10.6 Å². The van der Waals surface area contributed by atoms with Crippen LogP contribution in [-0.4, -0.2) is 32.1 Å². The Hall–Kier alpha value is -2.96. The Balaban J connectivity index is 2.00. The van der Waals surface area contributed by atoms with Crippen LogP contribution in [0.15, 0.2) is 41.0 Å². The van der Waals surface area contributed by atoms with E-state index >= 15 is 0 Å². The van der Waals surface area contributed by atoms with Crippen LogP contribution in [0.25, 0.3) is 0 Å². The van der Waals surface area contributed by atoms with E-state index in [0.717, 1.165) is 5.56 Å². The van der Waals surface area contributed by atoms with Crippen molar-refractivity contribution in [2.45, 2.75) is 26.4 Å². The highest BCUT2D eigenvalue weighted by atomic mass is 16.5. The van der Waals surface area contributed by atoms with Gasteiger partial charge >= 0.3 is 0 Å². The number of hydrogen-bond acceptors (Lipinski definition) is 5. The Morgan fingerprint density at radius 3 is 2.42 bits per heavy atom. The van der Waals surface area contributed by atoms with Crippen LogP contribution in [0.3, 0.4) is 0 Å². The molecule has 26 heavy (non-hydrogen) atoms. The third kappa shape index (κ3) is 4.78. The summed E-state index contributed by atoms with van der Waals surface area (Å²) in [5.41, 5.74) is 0.857. The van der Waals surface area contributed by atoms with Gasteiger partial charge in [-0.3, -0.25) is 9.59 Å². The molecule has 2 N–H and O–H groups in total. The third-order valence-corrected chi connectivity index (χ3v) is 3.90. The number of ether oxygens (including phenoxy) is 2. The second-order valence-corrected chi connectivity index (χ2v) is 6.08. The van der Waals surface area contributed by atoms with Crippen molar-refractivity contribution in [2.75, 3.05) is 14.2 Å². The number of carbonyl (C=O) groups is 2. The molecule has 0 aliphatic heterocycles. The van der Waals surface area contributed by atoms with Gasteiger partial charge in [-0.15, -0.1) is 0 Å². The van der Waals surface area contributed by atoms with Gasteiger partial charge in [0.05, 0.1) is 20.5 Å². The minimum atomic E-state index is -0.673. The molecule has 0 aliphatic carbocycles. The molecule has 140 valence electrons. The number of nitrogens with one attached hydrogen (secondary N) is 2. The molecule has 1 unspecified atom stereocenters. The van der Waals surface area contributed by atoms with E-state index in [1.165, 1.54) is 6.26 Å². The number of rotatable bonds is 8. The van der Waals surface area contributed by atoms with E-state index in [1.54, 1.807) is 38.5 Å². The summed E-state index contributed by atoms with van der Waals surface area (Å²) in [4.78, 5) is 24.7. The van der Waals surface area contributed by atoms with Crippen LogP contribution in [0.4, 0.5) is 0 Å². The lowest BCUT2D eigenvalue weighted by molar-refractivity contribution is -0.124. The molecule has 1 heterocycles. The fourth-order valence-corrected chi connectivity index (χ4v) is 2.44. The van der Waals surface area contributed by atoms with Crippen molar-refractivity contribution in [2.24, 2.45) is 5.92 Å². The topological polar surface area (TPSA) is 89.8 Å². The summed E-state index contributed by atoms with van der Waals surface area (Å²) in [6.07, 6.45) is 1.41. The fraction of sp³-hybridized carbons (Fsp3) is 0.368. The Labute approximate surface area is 152 Å². The van der Waals surface area contributed by atoms with Crippen LogP contribution in [0.1, 0.15) is 30.0 Å². The summed E-state index contributed by atoms with van der Waals surface area (Å²) in [6.45, 7) is 4.03. The van der Waals surface area contributed by atoms with Gasteiger partial charge in [0.15, 0.2) is 17.3 Å². The van der Waals surface area contributed by atoms with Gasteiger partial charge < -0.3 is 24.5 Å². The first kappa shape index (κ1) is 19.4. The number of methoxy groups -OCH3 is 2. The molecular formula is C19H24N2O5. The van der Waals surface area contributed by atoms with Crippen molar-refractivity contribution in [1.82, 2.24) is 10.6 Å².